The van der Waals surface area contributed by atoms with E-state index >= 15 is 0 Å². The third-order valence-electron chi connectivity index (χ3n) is 3.74. The van der Waals surface area contributed by atoms with Crippen molar-refractivity contribution in [3.8, 4) is 11.6 Å². The molecule has 2 rings (SSSR count). The second-order valence-corrected chi connectivity index (χ2v) is 4.81. The predicted octanol–water partition coefficient (Wildman–Crippen LogP) is 2.12. The van der Waals surface area contributed by atoms with Crippen LogP contribution in [-0.4, -0.2) is 23.2 Å². The molecule has 6 heteroatoms. The van der Waals surface area contributed by atoms with Gasteiger partial charge in [0.15, 0.2) is 5.82 Å². The van der Waals surface area contributed by atoms with Gasteiger partial charge in [-0.05, 0) is 31.6 Å². The summed E-state index contributed by atoms with van der Waals surface area (Å²) in [5, 5.41) is 0. The van der Waals surface area contributed by atoms with Gasteiger partial charge >= 0.3 is 0 Å². The first-order valence-electron chi connectivity index (χ1n) is 6.82. The summed E-state index contributed by atoms with van der Waals surface area (Å²) >= 11 is 0. The second kappa shape index (κ2) is 6.56. The average molecular weight is 266 g/mol. The molecule has 1 saturated carbocycles. The topological polar surface area (TPSA) is 82.3 Å². The van der Waals surface area contributed by atoms with Crippen LogP contribution >= 0.6 is 0 Å². The van der Waals surface area contributed by atoms with Crippen molar-refractivity contribution in [2.45, 2.75) is 45.1 Å². The normalized spacial score (nSPS) is 22.9. The third kappa shape index (κ3) is 3.07. The minimum Gasteiger partial charge on any atom is -0.489 e. The van der Waals surface area contributed by atoms with Gasteiger partial charge in [-0.2, -0.15) is 4.98 Å². The number of nitrogens with two attached hydrogens (primary N) is 1. The number of rotatable bonds is 5. The van der Waals surface area contributed by atoms with Crippen molar-refractivity contribution in [2.24, 2.45) is 11.8 Å². The molecule has 6 nitrogen and oxygen atoms in total. The number of hydrogen-bond donors (Lipinski definition) is 2. The van der Waals surface area contributed by atoms with Crippen LogP contribution in [0.4, 0.5) is 5.82 Å². The van der Waals surface area contributed by atoms with E-state index in [0.29, 0.717) is 23.4 Å². The molecule has 1 aliphatic carbocycles. The van der Waals surface area contributed by atoms with Crippen molar-refractivity contribution >= 4 is 5.82 Å². The lowest BCUT2D eigenvalue weighted by atomic mass is 9.85. The largest absolute Gasteiger partial charge is 0.489 e. The highest BCUT2D eigenvalue weighted by Gasteiger charge is 2.27. The molecule has 0 saturated heterocycles. The van der Waals surface area contributed by atoms with Gasteiger partial charge in [0.05, 0.1) is 7.11 Å². The van der Waals surface area contributed by atoms with Gasteiger partial charge in [0.25, 0.3) is 5.88 Å². The summed E-state index contributed by atoms with van der Waals surface area (Å²) in [5.74, 6) is 7.36. The van der Waals surface area contributed by atoms with E-state index in [1.807, 2.05) is 0 Å². The summed E-state index contributed by atoms with van der Waals surface area (Å²) in [6, 6.07) is 0. The molecular weight excluding hydrogens is 244 g/mol. The van der Waals surface area contributed by atoms with Gasteiger partial charge in [-0.3, -0.25) is 0 Å². The molecule has 0 aliphatic heterocycles. The lowest BCUT2D eigenvalue weighted by Crippen LogP contribution is -2.30. The molecule has 0 amide bonds. The Morgan fingerprint density at radius 3 is 2.84 bits per heavy atom. The predicted molar refractivity (Wildman–Crippen MR) is 73.1 cm³/mol. The third-order valence-corrected chi connectivity index (χ3v) is 3.74. The number of methoxy groups -OCH3 is 1. The first-order chi connectivity index (χ1) is 9.30. The van der Waals surface area contributed by atoms with Crippen molar-refractivity contribution < 1.29 is 9.47 Å². The molecule has 1 fully saturated rings. The Hall–Kier alpha value is -1.56. The van der Waals surface area contributed by atoms with Gasteiger partial charge in [0.1, 0.15) is 12.4 Å². The van der Waals surface area contributed by atoms with Gasteiger partial charge in [-0.25, -0.2) is 10.8 Å². The van der Waals surface area contributed by atoms with Gasteiger partial charge < -0.3 is 14.9 Å². The van der Waals surface area contributed by atoms with E-state index in [-0.39, 0.29) is 6.10 Å². The lowest BCUT2D eigenvalue weighted by molar-refractivity contribution is 0.0825. The number of hydrogen-bond acceptors (Lipinski definition) is 6. The first kappa shape index (κ1) is 13.9. The monoisotopic (exact) mass is 266 g/mol. The van der Waals surface area contributed by atoms with Crippen molar-refractivity contribution in [1.82, 2.24) is 9.97 Å². The Bertz CT molecular complexity index is 414. The molecule has 2 unspecified atom stereocenters. The maximum atomic E-state index is 6.05. The SMILES string of the molecule is CCC1CCCCC1Oc1ncnc(NN)c1OC. The Kier molecular flexibility index (Phi) is 4.79. The van der Waals surface area contributed by atoms with Gasteiger partial charge in [0, 0.05) is 0 Å². The number of nitrogen functional groups attached to an aromatic ring is 1. The van der Waals surface area contributed by atoms with E-state index in [1.165, 1.54) is 25.6 Å². The lowest BCUT2D eigenvalue weighted by Gasteiger charge is -2.31. The van der Waals surface area contributed by atoms with E-state index in [2.05, 4.69) is 22.3 Å². The molecule has 2 atom stereocenters. The zero-order valence-electron chi connectivity index (χ0n) is 11.6. The maximum absolute atomic E-state index is 6.05. The zero-order chi connectivity index (χ0) is 13.7. The maximum Gasteiger partial charge on any atom is 0.262 e. The fraction of sp³-hybridized carbons (Fsp3) is 0.692. The minimum absolute atomic E-state index is 0.202. The summed E-state index contributed by atoms with van der Waals surface area (Å²) < 4.78 is 11.3. The van der Waals surface area contributed by atoms with Gasteiger partial charge in [-0.1, -0.05) is 13.3 Å². The van der Waals surface area contributed by atoms with E-state index in [0.717, 1.165) is 12.8 Å². The number of aromatic nitrogens is 2. The molecule has 0 bridgehead atoms. The molecule has 3 N–H and O–H groups in total. The Balaban J connectivity index is 2.17. The number of anilines is 1. The van der Waals surface area contributed by atoms with Crippen molar-refractivity contribution in [3.63, 3.8) is 0 Å². The van der Waals surface area contributed by atoms with Crippen LogP contribution in [0, 0.1) is 5.92 Å². The molecule has 1 aromatic heterocycles. The molecule has 0 radical (unpaired) electrons. The highest BCUT2D eigenvalue weighted by Crippen LogP contribution is 2.35. The molecule has 19 heavy (non-hydrogen) atoms. The van der Waals surface area contributed by atoms with Crippen LogP contribution in [0.15, 0.2) is 6.33 Å². The van der Waals surface area contributed by atoms with Crippen LogP contribution in [0.5, 0.6) is 11.6 Å². The average Bonchev–Trinajstić information content (AvgIpc) is 2.47. The Morgan fingerprint density at radius 1 is 1.37 bits per heavy atom. The smallest absolute Gasteiger partial charge is 0.262 e. The fourth-order valence-electron chi connectivity index (χ4n) is 2.67. The zero-order valence-corrected chi connectivity index (χ0v) is 11.6. The summed E-state index contributed by atoms with van der Waals surface area (Å²) in [7, 11) is 1.56. The minimum atomic E-state index is 0.202. The van der Waals surface area contributed by atoms with Crippen LogP contribution in [-0.2, 0) is 0 Å². The van der Waals surface area contributed by atoms with Crippen molar-refractivity contribution in [3.05, 3.63) is 6.33 Å². The highest BCUT2D eigenvalue weighted by atomic mass is 16.5. The van der Waals surface area contributed by atoms with Gasteiger partial charge in [-0.15, -0.1) is 0 Å². The van der Waals surface area contributed by atoms with E-state index in [1.54, 1.807) is 7.11 Å². The second-order valence-electron chi connectivity index (χ2n) is 4.81. The van der Waals surface area contributed by atoms with Crippen LogP contribution in [0.25, 0.3) is 0 Å². The van der Waals surface area contributed by atoms with Crippen molar-refractivity contribution in [1.29, 1.82) is 0 Å². The summed E-state index contributed by atoms with van der Waals surface area (Å²) in [4.78, 5) is 8.18. The summed E-state index contributed by atoms with van der Waals surface area (Å²) in [5.41, 5.74) is 2.49. The van der Waals surface area contributed by atoms with Crippen molar-refractivity contribution in [2.75, 3.05) is 12.5 Å². The van der Waals surface area contributed by atoms with Crippen LogP contribution in [0.2, 0.25) is 0 Å². The molecule has 1 aliphatic rings. The van der Waals surface area contributed by atoms with E-state index < -0.39 is 0 Å². The summed E-state index contributed by atoms with van der Waals surface area (Å²) in [6.45, 7) is 2.20. The van der Waals surface area contributed by atoms with Crippen LogP contribution in [0.3, 0.4) is 0 Å². The Labute approximate surface area is 113 Å². The quantitative estimate of drug-likeness (QED) is 0.627. The molecule has 106 valence electrons. The standard InChI is InChI=1S/C13H22N4O2/c1-3-9-6-4-5-7-10(9)19-13-11(18-2)12(17-14)15-8-16-13/h8-10H,3-7,14H2,1-2H3,(H,15,16,17). The van der Waals surface area contributed by atoms with E-state index in [4.69, 9.17) is 15.3 Å². The van der Waals surface area contributed by atoms with Gasteiger partial charge in [0.2, 0.25) is 5.75 Å². The fourth-order valence-corrected chi connectivity index (χ4v) is 2.67. The number of nitrogens with one attached hydrogen (secondary N) is 1. The number of hydrazine groups is 1. The molecular formula is C13H22N4O2. The first-order valence-corrected chi connectivity index (χ1v) is 6.82. The summed E-state index contributed by atoms with van der Waals surface area (Å²) in [6.07, 6.45) is 7.53. The molecule has 1 heterocycles. The number of nitrogens with zero attached hydrogens (tertiary/aromatic N) is 2. The molecule has 0 aromatic carbocycles. The number of ether oxygens (including phenoxy) is 2. The molecule has 0 spiro atoms. The van der Waals surface area contributed by atoms with Crippen LogP contribution in [0.1, 0.15) is 39.0 Å². The van der Waals surface area contributed by atoms with Crippen LogP contribution < -0.4 is 20.7 Å². The van der Waals surface area contributed by atoms with E-state index in [9.17, 15) is 0 Å². The highest BCUT2D eigenvalue weighted by molar-refractivity contribution is 5.54. The Morgan fingerprint density at radius 2 is 2.16 bits per heavy atom. The molecule has 1 aromatic rings.